The van der Waals surface area contributed by atoms with E-state index in [1.807, 2.05) is 13.8 Å². The van der Waals surface area contributed by atoms with E-state index in [0.717, 1.165) is 6.42 Å². The fraction of sp³-hybridized carbons (Fsp3) is 0.786. The number of hydrogen-bond acceptors (Lipinski definition) is 3. The molecule has 120 valence electrons. The van der Waals surface area contributed by atoms with E-state index in [1.54, 1.807) is 11.9 Å². The van der Waals surface area contributed by atoms with Crippen LogP contribution in [0.15, 0.2) is 0 Å². The molecule has 1 atom stereocenters. The second-order valence-corrected chi connectivity index (χ2v) is 5.89. The third-order valence-corrected chi connectivity index (χ3v) is 3.48. The Morgan fingerprint density at radius 1 is 1.38 bits per heavy atom. The van der Waals surface area contributed by atoms with Crippen LogP contribution in [0.1, 0.15) is 33.1 Å². The summed E-state index contributed by atoms with van der Waals surface area (Å²) in [5, 5.41) is 11.4. The highest BCUT2D eigenvalue weighted by Gasteiger charge is 2.28. The lowest BCUT2D eigenvalue weighted by Gasteiger charge is -2.24. The second kappa shape index (κ2) is 7.85. The van der Waals surface area contributed by atoms with E-state index in [9.17, 15) is 14.4 Å². The third kappa shape index (κ3) is 6.01. The highest BCUT2D eigenvalue weighted by atomic mass is 16.4. The zero-order chi connectivity index (χ0) is 16.0. The van der Waals surface area contributed by atoms with Gasteiger partial charge in [-0.2, -0.15) is 0 Å². The molecule has 1 unspecified atom stereocenters. The number of nitrogens with zero attached hydrogens (tertiary/aromatic N) is 2. The van der Waals surface area contributed by atoms with Gasteiger partial charge in [0.05, 0.1) is 0 Å². The molecule has 0 saturated carbocycles. The number of hydrogen-bond donors (Lipinski definition) is 2. The number of likely N-dealkylation sites (N-methyl/N-ethyl adjacent to an activating group) is 1. The Hall–Kier alpha value is -1.79. The quantitative estimate of drug-likeness (QED) is 0.757. The van der Waals surface area contributed by atoms with Crippen LogP contribution in [-0.4, -0.2) is 65.5 Å². The maximum atomic E-state index is 12.2. The summed E-state index contributed by atoms with van der Waals surface area (Å²) in [5.41, 5.74) is 0. The van der Waals surface area contributed by atoms with Crippen LogP contribution in [0.4, 0.5) is 4.79 Å². The van der Waals surface area contributed by atoms with Crippen LogP contribution in [-0.2, 0) is 9.59 Å². The lowest BCUT2D eigenvalue weighted by atomic mass is 10.0. The van der Waals surface area contributed by atoms with E-state index in [-0.39, 0.29) is 36.9 Å². The molecule has 0 aromatic rings. The molecule has 7 nitrogen and oxygen atoms in total. The monoisotopic (exact) mass is 299 g/mol. The Morgan fingerprint density at radius 3 is 2.62 bits per heavy atom. The molecule has 0 aliphatic carbocycles. The molecular formula is C14H25N3O4. The Labute approximate surface area is 125 Å². The van der Waals surface area contributed by atoms with E-state index in [1.165, 1.54) is 4.90 Å². The summed E-state index contributed by atoms with van der Waals surface area (Å²) in [6.45, 7) is 4.97. The molecular weight excluding hydrogens is 274 g/mol. The largest absolute Gasteiger partial charge is 0.481 e. The van der Waals surface area contributed by atoms with Gasteiger partial charge in [-0.05, 0) is 32.6 Å². The summed E-state index contributed by atoms with van der Waals surface area (Å²) in [6, 6.07) is -0.125. The number of rotatable bonds is 6. The van der Waals surface area contributed by atoms with Crippen molar-refractivity contribution in [3.05, 3.63) is 0 Å². The van der Waals surface area contributed by atoms with Crippen molar-refractivity contribution < 1.29 is 19.5 Å². The number of aliphatic carboxylic acids is 1. The first kappa shape index (κ1) is 17.3. The van der Waals surface area contributed by atoms with Gasteiger partial charge in [0.2, 0.25) is 5.91 Å². The molecule has 1 aliphatic rings. The molecule has 7 heteroatoms. The van der Waals surface area contributed by atoms with E-state index < -0.39 is 5.97 Å². The second-order valence-electron chi connectivity index (χ2n) is 5.89. The van der Waals surface area contributed by atoms with Gasteiger partial charge in [0.1, 0.15) is 6.54 Å². The van der Waals surface area contributed by atoms with Crippen molar-refractivity contribution in [1.29, 1.82) is 0 Å². The number of carbonyl (C=O) groups is 3. The maximum Gasteiger partial charge on any atom is 0.320 e. The predicted octanol–water partition coefficient (Wildman–Crippen LogP) is 0.750. The average Bonchev–Trinajstić information content (AvgIpc) is 2.82. The molecule has 0 radical (unpaired) electrons. The maximum absolute atomic E-state index is 12.2. The number of amides is 3. The van der Waals surface area contributed by atoms with E-state index >= 15 is 0 Å². The van der Waals surface area contributed by atoms with Crippen LogP contribution < -0.4 is 5.32 Å². The molecule has 1 aliphatic heterocycles. The number of carboxylic acids is 1. The van der Waals surface area contributed by atoms with Gasteiger partial charge in [0, 0.05) is 32.6 Å². The summed E-state index contributed by atoms with van der Waals surface area (Å²) in [5.74, 6) is -0.743. The SMILES string of the molecule is CC(C)NC(=O)CN(C)C(=O)N1CCC(CCC(=O)O)C1. The Bertz CT molecular complexity index is 398. The Balaban J connectivity index is 2.38. The first-order valence-electron chi connectivity index (χ1n) is 7.30. The molecule has 2 N–H and O–H groups in total. The van der Waals surface area contributed by atoms with Crippen LogP contribution >= 0.6 is 0 Å². The van der Waals surface area contributed by atoms with E-state index in [0.29, 0.717) is 19.5 Å². The minimum Gasteiger partial charge on any atom is -0.481 e. The number of likely N-dealkylation sites (tertiary alicyclic amines) is 1. The molecule has 0 aromatic heterocycles. The standard InChI is InChI=1S/C14H25N3O4/c1-10(2)15-12(18)9-16(3)14(21)17-7-6-11(8-17)4-5-13(19)20/h10-11H,4-9H2,1-3H3,(H,15,18)(H,19,20). The van der Waals surface area contributed by atoms with Crippen molar-refractivity contribution in [1.82, 2.24) is 15.1 Å². The molecule has 1 rings (SSSR count). The van der Waals surface area contributed by atoms with Gasteiger partial charge in [-0.3, -0.25) is 9.59 Å². The van der Waals surface area contributed by atoms with Crippen molar-refractivity contribution >= 4 is 17.9 Å². The molecule has 0 bridgehead atoms. The summed E-state index contributed by atoms with van der Waals surface area (Å²) in [7, 11) is 1.60. The smallest absolute Gasteiger partial charge is 0.320 e. The van der Waals surface area contributed by atoms with Crippen LogP contribution in [0.3, 0.4) is 0 Å². The van der Waals surface area contributed by atoms with Gasteiger partial charge in [-0.1, -0.05) is 0 Å². The summed E-state index contributed by atoms with van der Waals surface area (Å²) < 4.78 is 0. The minimum atomic E-state index is -0.803. The fourth-order valence-electron chi connectivity index (χ4n) is 2.46. The topological polar surface area (TPSA) is 90.0 Å². The fourth-order valence-corrected chi connectivity index (χ4v) is 2.46. The summed E-state index contributed by atoms with van der Waals surface area (Å²) in [4.78, 5) is 37.5. The predicted molar refractivity (Wildman–Crippen MR) is 77.9 cm³/mol. The van der Waals surface area contributed by atoms with Crippen molar-refractivity contribution in [3.63, 3.8) is 0 Å². The molecule has 1 saturated heterocycles. The van der Waals surface area contributed by atoms with Gasteiger partial charge in [0.25, 0.3) is 0 Å². The molecule has 1 fully saturated rings. The van der Waals surface area contributed by atoms with E-state index in [2.05, 4.69) is 5.32 Å². The Morgan fingerprint density at radius 2 is 2.05 bits per heavy atom. The van der Waals surface area contributed by atoms with Crippen LogP contribution in [0.5, 0.6) is 0 Å². The number of carboxylic acid groups (broad SMARTS) is 1. The van der Waals surface area contributed by atoms with Gasteiger partial charge < -0.3 is 20.2 Å². The zero-order valence-corrected chi connectivity index (χ0v) is 13.0. The highest BCUT2D eigenvalue weighted by molar-refractivity contribution is 5.84. The lowest BCUT2D eigenvalue weighted by Crippen LogP contribution is -2.45. The van der Waals surface area contributed by atoms with E-state index in [4.69, 9.17) is 5.11 Å². The summed E-state index contributed by atoms with van der Waals surface area (Å²) in [6.07, 6.45) is 1.56. The highest BCUT2D eigenvalue weighted by Crippen LogP contribution is 2.21. The van der Waals surface area contributed by atoms with Crippen LogP contribution in [0.25, 0.3) is 0 Å². The molecule has 0 aromatic carbocycles. The minimum absolute atomic E-state index is 0.0350. The van der Waals surface area contributed by atoms with Crippen molar-refractivity contribution in [2.45, 2.75) is 39.2 Å². The van der Waals surface area contributed by atoms with Gasteiger partial charge in [0.15, 0.2) is 0 Å². The zero-order valence-electron chi connectivity index (χ0n) is 13.0. The molecule has 1 heterocycles. The van der Waals surface area contributed by atoms with Crippen molar-refractivity contribution in [2.75, 3.05) is 26.7 Å². The number of carbonyl (C=O) groups excluding carboxylic acids is 2. The first-order chi connectivity index (χ1) is 9.79. The van der Waals surface area contributed by atoms with Crippen molar-refractivity contribution in [2.24, 2.45) is 5.92 Å². The van der Waals surface area contributed by atoms with Gasteiger partial charge >= 0.3 is 12.0 Å². The van der Waals surface area contributed by atoms with Gasteiger partial charge in [-0.25, -0.2) is 4.79 Å². The first-order valence-corrected chi connectivity index (χ1v) is 7.30. The Kier molecular flexibility index (Phi) is 6.45. The average molecular weight is 299 g/mol. The number of urea groups is 1. The number of nitrogens with one attached hydrogen (secondary N) is 1. The normalized spacial score (nSPS) is 17.9. The summed E-state index contributed by atoms with van der Waals surface area (Å²) >= 11 is 0. The molecule has 3 amide bonds. The van der Waals surface area contributed by atoms with Gasteiger partial charge in [-0.15, -0.1) is 0 Å². The third-order valence-electron chi connectivity index (χ3n) is 3.48. The van der Waals surface area contributed by atoms with Crippen LogP contribution in [0.2, 0.25) is 0 Å². The molecule has 0 spiro atoms. The molecule has 21 heavy (non-hydrogen) atoms. The van der Waals surface area contributed by atoms with Crippen molar-refractivity contribution in [3.8, 4) is 0 Å². The van der Waals surface area contributed by atoms with Crippen LogP contribution in [0, 0.1) is 5.92 Å². The lowest BCUT2D eigenvalue weighted by molar-refractivity contribution is -0.137.